The lowest BCUT2D eigenvalue weighted by molar-refractivity contribution is 0.285. The van der Waals surface area contributed by atoms with Crippen LogP contribution in [-0.2, 0) is 6.61 Å². The van der Waals surface area contributed by atoms with Crippen molar-refractivity contribution in [2.24, 2.45) is 0 Å². The highest BCUT2D eigenvalue weighted by Gasteiger charge is 2.09. The van der Waals surface area contributed by atoms with Crippen LogP contribution in [0.15, 0.2) is 30.3 Å². The third-order valence-electron chi connectivity index (χ3n) is 2.70. The quantitative estimate of drug-likeness (QED) is 0.925. The fourth-order valence-corrected chi connectivity index (χ4v) is 1.76. The molecular formula is C14H14ClFN2O. The number of ether oxygens (including phenoxy) is 1. The Morgan fingerprint density at radius 2 is 2.11 bits per heavy atom. The molecule has 0 fully saturated rings. The summed E-state index contributed by atoms with van der Waals surface area (Å²) in [5.74, 6) is 0.531. The number of aryl methyl sites for hydroxylation is 1. The van der Waals surface area contributed by atoms with E-state index in [0.29, 0.717) is 22.1 Å². The maximum absolute atomic E-state index is 13.8. The van der Waals surface area contributed by atoms with Crippen LogP contribution in [0, 0.1) is 12.7 Å². The van der Waals surface area contributed by atoms with E-state index in [-0.39, 0.29) is 18.2 Å². The first-order valence-electron chi connectivity index (χ1n) is 5.83. The summed E-state index contributed by atoms with van der Waals surface area (Å²) >= 11 is 6.03. The van der Waals surface area contributed by atoms with Gasteiger partial charge in [0.25, 0.3) is 0 Å². The first-order chi connectivity index (χ1) is 9.11. The van der Waals surface area contributed by atoms with E-state index in [0.717, 1.165) is 0 Å². The molecule has 0 radical (unpaired) electrons. The van der Waals surface area contributed by atoms with E-state index in [2.05, 4.69) is 10.3 Å². The summed E-state index contributed by atoms with van der Waals surface area (Å²) in [7, 11) is 1.76. The van der Waals surface area contributed by atoms with Crippen LogP contribution in [0.4, 0.5) is 10.2 Å². The number of hydrogen-bond acceptors (Lipinski definition) is 3. The molecule has 2 aromatic rings. The summed E-state index contributed by atoms with van der Waals surface area (Å²) in [6, 6.07) is 8.50. The number of hydrogen-bond donors (Lipinski definition) is 1. The molecule has 0 aliphatic carbocycles. The van der Waals surface area contributed by atoms with Crippen molar-refractivity contribution >= 4 is 17.4 Å². The van der Waals surface area contributed by atoms with E-state index in [4.69, 9.17) is 16.3 Å². The fourth-order valence-electron chi connectivity index (χ4n) is 1.60. The minimum absolute atomic E-state index is 0.120. The standard InChI is InChI=1S/C14H14ClFN2O/c1-9-4-3-5-12(14(9)16)19-8-11-10(15)6-7-13(17-2)18-11/h3-7H,8H2,1-2H3,(H,17,18). The van der Waals surface area contributed by atoms with Gasteiger partial charge < -0.3 is 10.1 Å². The van der Waals surface area contributed by atoms with Gasteiger partial charge in [0.15, 0.2) is 11.6 Å². The molecule has 1 heterocycles. The Morgan fingerprint density at radius 1 is 1.32 bits per heavy atom. The van der Waals surface area contributed by atoms with Gasteiger partial charge >= 0.3 is 0 Å². The van der Waals surface area contributed by atoms with E-state index in [9.17, 15) is 4.39 Å². The van der Waals surface area contributed by atoms with Crippen LogP contribution >= 0.6 is 11.6 Å². The zero-order chi connectivity index (χ0) is 13.8. The van der Waals surface area contributed by atoms with Crippen molar-refractivity contribution in [3.63, 3.8) is 0 Å². The highest BCUT2D eigenvalue weighted by molar-refractivity contribution is 6.31. The summed E-state index contributed by atoms with van der Waals surface area (Å²) in [5.41, 5.74) is 1.11. The minimum atomic E-state index is -0.358. The molecule has 2 rings (SSSR count). The molecule has 0 saturated heterocycles. The van der Waals surface area contributed by atoms with Crippen LogP contribution < -0.4 is 10.1 Å². The maximum Gasteiger partial charge on any atom is 0.167 e. The summed E-state index contributed by atoms with van der Waals surface area (Å²) in [4.78, 5) is 4.27. The highest BCUT2D eigenvalue weighted by atomic mass is 35.5. The molecule has 0 saturated carbocycles. The number of rotatable bonds is 4. The normalized spacial score (nSPS) is 10.3. The Hall–Kier alpha value is -1.81. The lowest BCUT2D eigenvalue weighted by Crippen LogP contribution is -2.03. The molecule has 0 amide bonds. The van der Waals surface area contributed by atoms with Crippen molar-refractivity contribution in [1.82, 2.24) is 4.98 Å². The van der Waals surface area contributed by atoms with Crippen LogP contribution in [-0.4, -0.2) is 12.0 Å². The average molecular weight is 281 g/mol. The molecule has 1 aromatic heterocycles. The predicted molar refractivity (Wildman–Crippen MR) is 74.3 cm³/mol. The number of nitrogens with one attached hydrogen (secondary N) is 1. The SMILES string of the molecule is CNc1ccc(Cl)c(COc2cccc(C)c2F)n1. The number of benzene rings is 1. The molecule has 5 heteroatoms. The number of halogens is 2. The van der Waals surface area contributed by atoms with Gasteiger partial charge in [-0.1, -0.05) is 23.7 Å². The van der Waals surface area contributed by atoms with Crippen molar-refractivity contribution in [3.05, 3.63) is 52.4 Å². The van der Waals surface area contributed by atoms with Crippen LogP contribution in [0.1, 0.15) is 11.3 Å². The summed E-state index contributed by atoms with van der Waals surface area (Å²) < 4.78 is 19.2. The zero-order valence-electron chi connectivity index (χ0n) is 10.7. The Balaban J connectivity index is 2.16. The van der Waals surface area contributed by atoms with Crippen LogP contribution in [0.2, 0.25) is 5.02 Å². The van der Waals surface area contributed by atoms with E-state index in [1.807, 2.05) is 0 Å². The van der Waals surface area contributed by atoms with Gasteiger partial charge in [-0.25, -0.2) is 9.37 Å². The Kier molecular flexibility index (Phi) is 4.22. The van der Waals surface area contributed by atoms with Gasteiger partial charge in [-0.15, -0.1) is 0 Å². The average Bonchev–Trinajstić information content (AvgIpc) is 2.42. The molecule has 0 spiro atoms. The van der Waals surface area contributed by atoms with Gasteiger partial charge in [-0.3, -0.25) is 0 Å². The van der Waals surface area contributed by atoms with E-state index in [1.54, 1.807) is 44.3 Å². The molecular weight excluding hydrogens is 267 g/mol. The third-order valence-corrected chi connectivity index (χ3v) is 3.04. The molecule has 19 heavy (non-hydrogen) atoms. The van der Waals surface area contributed by atoms with Gasteiger partial charge in [-0.05, 0) is 30.7 Å². The summed E-state index contributed by atoms with van der Waals surface area (Å²) in [6.07, 6.45) is 0. The number of nitrogens with zero attached hydrogens (tertiary/aromatic N) is 1. The second-order valence-electron chi connectivity index (χ2n) is 4.05. The van der Waals surface area contributed by atoms with Crippen molar-refractivity contribution < 1.29 is 9.13 Å². The van der Waals surface area contributed by atoms with Crippen molar-refractivity contribution in [2.45, 2.75) is 13.5 Å². The van der Waals surface area contributed by atoms with Crippen molar-refractivity contribution in [1.29, 1.82) is 0 Å². The van der Waals surface area contributed by atoms with E-state index < -0.39 is 0 Å². The lowest BCUT2D eigenvalue weighted by atomic mass is 10.2. The van der Waals surface area contributed by atoms with Gasteiger partial charge in [0.1, 0.15) is 12.4 Å². The second-order valence-corrected chi connectivity index (χ2v) is 4.46. The monoisotopic (exact) mass is 280 g/mol. The molecule has 100 valence electrons. The molecule has 0 bridgehead atoms. The Labute approximate surface area is 116 Å². The van der Waals surface area contributed by atoms with Crippen molar-refractivity contribution in [3.8, 4) is 5.75 Å². The van der Waals surface area contributed by atoms with E-state index in [1.165, 1.54) is 0 Å². The first-order valence-corrected chi connectivity index (χ1v) is 6.20. The minimum Gasteiger partial charge on any atom is -0.484 e. The second kappa shape index (κ2) is 5.89. The maximum atomic E-state index is 13.8. The molecule has 3 nitrogen and oxygen atoms in total. The van der Waals surface area contributed by atoms with Crippen LogP contribution in [0.5, 0.6) is 5.75 Å². The number of pyridine rings is 1. The van der Waals surface area contributed by atoms with Gasteiger partial charge in [0.05, 0.1) is 10.7 Å². The van der Waals surface area contributed by atoms with Gasteiger partial charge in [0, 0.05) is 7.05 Å². The largest absolute Gasteiger partial charge is 0.484 e. The highest BCUT2D eigenvalue weighted by Crippen LogP contribution is 2.23. The number of anilines is 1. The Morgan fingerprint density at radius 3 is 2.84 bits per heavy atom. The van der Waals surface area contributed by atoms with Crippen LogP contribution in [0.3, 0.4) is 0 Å². The zero-order valence-corrected chi connectivity index (χ0v) is 11.5. The molecule has 1 N–H and O–H groups in total. The van der Waals surface area contributed by atoms with Crippen LogP contribution in [0.25, 0.3) is 0 Å². The fraction of sp³-hybridized carbons (Fsp3) is 0.214. The molecule has 0 aliphatic rings. The van der Waals surface area contributed by atoms with E-state index >= 15 is 0 Å². The number of aromatic nitrogens is 1. The molecule has 0 unspecified atom stereocenters. The topological polar surface area (TPSA) is 34.1 Å². The summed E-state index contributed by atoms with van der Waals surface area (Å²) in [6.45, 7) is 1.81. The Bertz CT molecular complexity index is 590. The predicted octanol–water partition coefficient (Wildman–Crippen LogP) is 3.80. The smallest absolute Gasteiger partial charge is 0.167 e. The molecule has 1 aromatic carbocycles. The lowest BCUT2D eigenvalue weighted by Gasteiger charge is -2.10. The third kappa shape index (κ3) is 3.15. The first kappa shape index (κ1) is 13.6. The van der Waals surface area contributed by atoms with Gasteiger partial charge in [-0.2, -0.15) is 0 Å². The summed E-state index contributed by atoms with van der Waals surface area (Å²) in [5, 5.41) is 3.41. The molecule has 0 aliphatic heterocycles. The van der Waals surface area contributed by atoms with Crippen molar-refractivity contribution in [2.75, 3.05) is 12.4 Å². The molecule has 0 atom stereocenters. The van der Waals surface area contributed by atoms with Gasteiger partial charge in [0.2, 0.25) is 0 Å².